The van der Waals surface area contributed by atoms with E-state index in [1.807, 2.05) is 0 Å². The van der Waals surface area contributed by atoms with Crippen LogP contribution in [-0.2, 0) is 26.8 Å². The Bertz CT molecular complexity index is 541. The van der Waals surface area contributed by atoms with E-state index in [2.05, 4.69) is 9.05 Å². The summed E-state index contributed by atoms with van der Waals surface area (Å²) in [6, 6.07) is 0. The zero-order chi connectivity index (χ0) is 20.8. The summed E-state index contributed by atoms with van der Waals surface area (Å²) >= 11 is -3.13. The average Bonchev–Trinajstić information content (AvgIpc) is 2.82. The average molecular weight is 482 g/mol. The van der Waals surface area contributed by atoms with Gasteiger partial charge in [0.2, 0.25) is 0 Å². The molecule has 1 aliphatic heterocycles. The van der Waals surface area contributed by atoms with Crippen molar-refractivity contribution in [3.05, 3.63) is 0 Å². The van der Waals surface area contributed by atoms with Crippen LogP contribution in [0.4, 0.5) is 0 Å². The number of hydrogen-bond acceptors (Lipinski definition) is 11. The molecular formula is C13H28AsO12P. The Morgan fingerprint density at radius 2 is 1.63 bits per heavy atom. The molecule has 1 rings (SSSR count). The van der Waals surface area contributed by atoms with Crippen LogP contribution in [0.3, 0.4) is 0 Å². The van der Waals surface area contributed by atoms with Gasteiger partial charge in [-0.15, -0.1) is 0 Å². The summed E-state index contributed by atoms with van der Waals surface area (Å²) in [7, 11) is -4.55. The first kappa shape index (κ1) is 25.2. The predicted octanol–water partition coefficient (Wildman–Crippen LogP) is -2.07. The molecule has 1 unspecified atom stereocenters. The predicted molar refractivity (Wildman–Crippen MR) is 90.4 cm³/mol. The van der Waals surface area contributed by atoms with E-state index in [1.54, 1.807) is 11.4 Å². The fourth-order valence-corrected chi connectivity index (χ4v) is 5.39. The van der Waals surface area contributed by atoms with Gasteiger partial charge in [0.1, 0.15) is 6.10 Å². The van der Waals surface area contributed by atoms with Crippen molar-refractivity contribution >= 4 is 21.3 Å². The van der Waals surface area contributed by atoms with Crippen molar-refractivity contribution in [1.29, 1.82) is 0 Å². The summed E-state index contributed by atoms with van der Waals surface area (Å²) in [6.45, 7) is -2.43. The molecule has 162 valence electrons. The van der Waals surface area contributed by atoms with Crippen molar-refractivity contribution < 1.29 is 57.3 Å². The van der Waals surface area contributed by atoms with Crippen molar-refractivity contribution in [1.82, 2.24) is 0 Å². The zero-order valence-electron chi connectivity index (χ0n) is 15.0. The molecule has 1 fully saturated rings. The van der Waals surface area contributed by atoms with Gasteiger partial charge in [-0.1, -0.05) is 0 Å². The summed E-state index contributed by atoms with van der Waals surface area (Å²) in [4.78, 5) is 9.35. The molecule has 27 heavy (non-hydrogen) atoms. The number of phosphoric acid groups is 1. The third-order valence-corrected chi connectivity index (χ3v) is 7.01. The van der Waals surface area contributed by atoms with Gasteiger partial charge in [-0.05, 0) is 0 Å². The van der Waals surface area contributed by atoms with Gasteiger partial charge < -0.3 is 10.2 Å². The normalized spacial score (nSPS) is 30.8. The molecule has 0 aromatic rings. The van der Waals surface area contributed by atoms with Crippen LogP contribution < -0.4 is 0 Å². The second kappa shape index (κ2) is 10.8. The summed E-state index contributed by atoms with van der Waals surface area (Å²) in [6.07, 6.45) is -7.57. The summed E-state index contributed by atoms with van der Waals surface area (Å²) in [5.41, 5.74) is 3.15. The molecule has 7 atom stereocenters. The molecular weight excluding hydrogens is 454 g/mol. The van der Waals surface area contributed by atoms with Crippen LogP contribution in [-0.4, -0.2) is 107 Å². The first-order chi connectivity index (χ1) is 12.3. The van der Waals surface area contributed by atoms with Crippen LogP contribution in [0.2, 0.25) is 16.6 Å². The van der Waals surface area contributed by atoms with E-state index in [1.165, 1.54) is 0 Å². The van der Waals surface area contributed by atoms with Crippen molar-refractivity contribution in [2.45, 2.75) is 53.4 Å². The third-order valence-electron chi connectivity index (χ3n) is 3.46. The number of phosphoric ester groups is 1. The van der Waals surface area contributed by atoms with E-state index < -0.39 is 84.6 Å². The molecule has 0 spiro atoms. The standard InChI is InChI=1S/C13H28AsO12P/c1-14(2,20)3-10-11(18)12(19)13(26-10)23-5-9(17)7-25-27(21,22)24-6-8(16)4-15/h8-13,15-19H,3-7H2,1-2H3,(H,21,22)/t8-,9+,10-,11-,12-,13-/m1/s1. The second-order valence-electron chi connectivity index (χ2n) is 6.66. The van der Waals surface area contributed by atoms with Crippen molar-refractivity contribution in [2.75, 3.05) is 26.4 Å². The molecule has 1 heterocycles. The second-order valence-corrected chi connectivity index (χ2v) is 15.5. The molecule has 0 aliphatic carbocycles. The van der Waals surface area contributed by atoms with Crippen LogP contribution in [0.5, 0.6) is 0 Å². The SMILES string of the molecule is C[As](C)(=O)C[C@H]1O[C@@H](OC[C@H](O)COP(=O)(O)OC[C@H](O)CO)[C@H](O)[C@@H]1O. The molecule has 0 radical (unpaired) electrons. The summed E-state index contributed by atoms with van der Waals surface area (Å²) in [5.74, 6) is 0. The molecule has 0 bridgehead atoms. The minimum absolute atomic E-state index is 0.104. The minimum atomic E-state index is -4.55. The number of rotatable bonds is 12. The molecule has 12 nitrogen and oxygen atoms in total. The molecule has 0 aromatic heterocycles. The fourth-order valence-electron chi connectivity index (χ4n) is 2.14. The summed E-state index contributed by atoms with van der Waals surface area (Å²) in [5, 5.41) is 47.3. The van der Waals surface area contributed by atoms with Gasteiger partial charge in [0.25, 0.3) is 0 Å². The Hall–Kier alpha value is 0.188. The monoisotopic (exact) mass is 482 g/mol. The molecule has 0 aromatic carbocycles. The third kappa shape index (κ3) is 9.49. The molecule has 14 heteroatoms. The number of aliphatic hydroxyl groups is 5. The number of aliphatic hydroxyl groups excluding tert-OH is 5. The van der Waals surface area contributed by atoms with Gasteiger partial charge in [-0.25, -0.2) is 0 Å². The fraction of sp³-hybridized carbons (Fsp3) is 1.00. The first-order valence-corrected chi connectivity index (χ1v) is 15.4. The molecule has 6 N–H and O–H groups in total. The van der Waals surface area contributed by atoms with Crippen LogP contribution >= 0.6 is 7.82 Å². The molecule has 1 saturated heterocycles. The number of ether oxygens (including phenoxy) is 2. The van der Waals surface area contributed by atoms with Gasteiger partial charge in [0, 0.05) is 0 Å². The Balaban J connectivity index is 2.38. The molecule has 1 aliphatic rings. The van der Waals surface area contributed by atoms with Crippen LogP contribution in [0, 0.1) is 0 Å². The van der Waals surface area contributed by atoms with Crippen LogP contribution in [0.25, 0.3) is 0 Å². The molecule has 0 amide bonds. The maximum absolute atomic E-state index is 11.9. The van der Waals surface area contributed by atoms with Crippen LogP contribution in [0.1, 0.15) is 0 Å². The first-order valence-electron chi connectivity index (χ1n) is 8.10. The van der Waals surface area contributed by atoms with E-state index in [0.717, 1.165) is 0 Å². The van der Waals surface area contributed by atoms with E-state index in [9.17, 15) is 28.5 Å². The van der Waals surface area contributed by atoms with Gasteiger partial charge >= 0.3 is 136 Å². The Morgan fingerprint density at radius 1 is 1.07 bits per heavy atom. The maximum atomic E-state index is 11.9. The Kier molecular flexibility index (Phi) is 10.1. The Morgan fingerprint density at radius 3 is 2.15 bits per heavy atom. The van der Waals surface area contributed by atoms with Gasteiger partial charge in [0.05, 0.1) is 6.61 Å². The number of hydrogen-bond donors (Lipinski definition) is 6. The van der Waals surface area contributed by atoms with Crippen molar-refractivity contribution in [3.8, 4) is 0 Å². The molecule has 0 saturated carbocycles. The quantitative estimate of drug-likeness (QED) is 0.132. The van der Waals surface area contributed by atoms with E-state index >= 15 is 0 Å². The van der Waals surface area contributed by atoms with E-state index in [0.29, 0.717) is 0 Å². The van der Waals surface area contributed by atoms with Gasteiger partial charge in [0.15, 0.2) is 0 Å². The topological polar surface area (TPSA) is 192 Å². The Labute approximate surface area is 158 Å². The van der Waals surface area contributed by atoms with Crippen molar-refractivity contribution in [3.63, 3.8) is 0 Å². The van der Waals surface area contributed by atoms with Crippen molar-refractivity contribution in [2.24, 2.45) is 0 Å². The van der Waals surface area contributed by atoms with Crippen LogP contribution in [0.15, 0.2) is 0 Å². The van der Waals surface area contributed by atoms with E-state index in [-0.39, 0.29) is 5.21 Å². The van der Waals surface area contributed by atoms with E-state index in [4.69, 9.17) is 19.7 Å². The van der Waals surface area contributed by atoms with Gasteiger partial charge in [-0.3, -0.25) is 0 Å². The zero-order valence-corrected chi connectivity index (χ0v) is 17.8. The van der Waals surface area contributed by atoms with Gasteiger partial charge in [-0.2, -0.15) is 0 Å². The summed E-state index contributed by atoms with van der Waals surface area (Å²) < 4.78 is 42.8.